The molecule has 1 saturated heterocycles. The average molecular weight is 427 g/mol. The normalized spacial score (nSPS) is 14.9. The van der Waals surface area contributed by atoms with Gasteiger partial charge in [0.15, 0.2) is 0 Å². The molecular formula is C22H32N7O2+. The van der Waals surface area contributed by atoms with Crippen molar-refractivity contribution in [3.8, 4) is 0 Å². The van der Waals surface area contributed by atoms with Crippen LogP contribution in [-0.4, -0.2) is 60.7 Å². The lowest BCUT2D eigenvalue weighted by Gasteiger charge is -2.29. The van der Waals surface area contributed by atoms with E-state index in [0.717, 1.165) is 44.2 Å². The predicted molar refractivity (Wildman–Crippen MR) is 122 cm³/mol. The zero-order valence-corrected chi connectivity index (χ0v) is 18.0. The van der Waals surface area contributed by atoms with E-state index in [1.165, 1.54) is 17.5 Å². The molecule has 3 rings (SSSR count). The summed E-state index contributed by atoms with van der Waals surface area (Å²) in [5.74, 6) is 1.34. The minimum atomic E-state index is 0.113. The summed E-state index contributed by atoms with van der Waals surface area (Å²) in [5.41, 5.74) is 9.74. The second-order valence-electron chi connectivity index (χ2n) is 7.30. The minimum absolute atomic E-state index is 0.113. The lowest BCUT2D eigenvalue weighted by atomic mass is 10.1. The number of aliphatic imine (C=N–C) groups is 1. The van der Waals surface area contributed by atoms with Crippen LogP contribution in [0, 0.1) is 6.92 Å². The lowest BCUT2D eigenvalue weighted by Crippen LogP contribution is -2.77. The van der Waals surface area contributed by atoms with Crippen LogP contribution in [0.5, 0.6) is 0 Å². The molecular weight excluding hydrogens is 394 g/mol. The van der Waals surface area contributed by atoms with Crippen molar-refractivity contribution in [1.29, 1.82) is 0 Å². The minimum Gasteiger partial charge on any atom is -0.403 e. The van der Waals surface area contributed by atoms with E-state index in [9.17, 15) is 0 Å². The van der Waals surface area contributed by atoms with E-state index in [4.69, 9.17) is 15.6 Å². The van der Waals surface area contributed by atoms with Gasteiger partial charge in [-0.1, -0.05) is 12.1 Å². The molecule has 0 saturated carbocycles. The van der Waals surface area contributed by atoms with E-state index < -0.39 is 0 Å². The number of aryl methyl sites for hydroxylation is 1. The first-order valence-electron chi connectivity index (χ1n) is 10.6. The Kier molecular flexibility index (Phi) is 8.77. The van der Waals surface area contributed by atoms with Crippen LogP contribution >= 0.6 is 0 Å². The summed E-state index contributed by atoms with van der Waals surface area (Å²) < 4.78 is 5.45. The Bertz CT molecular complexity index is 895. The summed E-state index contributed by atoms with van der Waals surface area (Å²) in [5, 5.41) is 14.0. The van der Waals surface area contributed by atoms with Crippen molar-refractivity contribution in [3.05, 3.63) is 53.5 Å². The Hall–Kier alpha value is -3.01. The lowest BCUT2D eigenvalue weighted by molar-refractivity contribution is -0.592. The Labute approximate surface area is 183 Å². The fraction of sp³-hybridized carbons (Fsp3) is 0.409. The number of rotatable bonds is 10. The number of aromatic nitrogens is 2. The van der Waals surface area contributed by atoms with Crippen molar-refractivity contribution >= 4 is 23.7 Å². The van der Waals surface area contributed by atoms with Crippen LogP contribution in [-0.2, 0) is 11.3 Å². The second-order valence-corrected chi connectivity index (χ2v) is 7.30. The van der Waals surface area contributed by atoms with Crippen molar-refractivity contribution in [1.82, 2.24) is 9.97 Å². The van der Waals surface area contributed by atoms with Crippen LogP contribution in [0.15, 0.2) is 47.4 Å². The number of aliphatic hydroxyl groups excluding tert-OH is 1. The molecule has 2 heterocycles. The van der Waals surface area contributed by atoms with Crippen LogP contribution in [0.3, 0.4) is 0 Å². The average Bonchev–Trinajstić information content (AvgIpc) is 2.82. The molecule has 0 unspecified atom stereocenters. The molecule has 166 valence electrons. The number of allylic oxidation sites excluding steroid dienone is 1. The molecule has 1 aliphatic rings. The molecule has 0 aliphatic carbocycles. The Morgan fingerprint density at radius 1 is 1.39 bits per heavy atom. The molecule has 1 fully saturated rings. The third kappa shape index (κ3) is 7.02. The summed E-state index contributed by atoms with van der Waals surface area (Å²) in [6, 6.07) is 8.61. The van der Waals surface area contributed by atoms with Gasteiger partial charge in [0.2, 0.25) is 11.8 Å². The second kappa shape index (κ2) is 12.0. The molecule has 1 aromatic heterocycles. The first kappa shape index (κ1) is 22.7. The maximum atomic E-state index is 8.84. The van der Waals surface area contributed by atoms with Gasteiger partial charge in [-0.2, -0.15) is 4.98 Å². The molecule has 0 radical (unpaired) electrons. The highest BCUT2D eigenvalue weighted by Crippen LogP contribution is 2.17. The monoisotopic (exact) mass is 426 g/mol. The van der Waals surface area contributed by atoms with E-state index in [2.05, 4.69) is 54.8 Å². The first-order valence-corrected chi connectivity index (χ1v) is 10.6. The van der Waals surface area contributed by atoms with Gasteiger partial charge in [0.25, 0.3) is 0 Å². The number of aliphatic hydroxyl groups is 1. The van der Waals surface area contributed by atoms with Crippen molar-refractivity contribution < 1.29 is 15.2 Å². The van der Waals surface area contributed by atoms with Crippen LogP contribution in [0.1, 0.15) is 17.5 Å². The smallest absolute Gasteiger partial charge is 0.232 e. The number of hydrogen-bond donors (Lipinski definition) is 4. The van der Waals surface area contributed by atoms with Crippen LogP contribution < -0.4 is 21.3 Å². The van der Waals surface area contributed by atoms with E-state index in [1.54, 1.807) is 12.4 Å². The molecule has 1 aliphatic heterocycles. The largest absolute Gasteiger partial charge is 0.403 e. The van der Waals surface area contributed by atoms with Gasteiger partial charge in [-0.15, -0.1) is 0 Å². The quantitative estimate of drug-likeness (QED) is 0.325. The van der Waals surface area contributed by atoms with Crippen LogP contribution in [0.4, 0.5) is 17.5 Å². The van der Waals surface area contributed by atoms with Gasteiger partial charge in [0, 0.05) is 61.7 Å². The highest BCUT2D eigenvalue weighted by Gasteiger charge is 2.13. The maximum Gasteiger partial charge on any atom is 0.232 e. The summed E-state index contributed by atoms with van der Waals surface area (Å²) in [6.45, 7) is 6.82. The number of anilines is 2. The van der Waals surface area contributed by atoms with E-state index in [-0.39, 0.29) is 6.61 Å². The van der Waals surface area contributed by atoms with E-state index in [0.29, 0.717) is 24.6 Å². The van der Waals surface area contributed by atoms with Gasteiger partial charge in [0.05, 0.1) is 18.9 Å². The van der Waals surface area contributed by atoms with Crippen LogP contribution in [0.2, 0.25) is 0 Å². The SMILES string of the molecule is Cc1cnc(NC(C=NCCCO)=CN)nc1[NH2+]Cc1cccc(N2CCOCC2)c1. The van der Waals surface area contributed by atoms with Gasteiger partial charge in [-0.05, 0) is 25.5 Å². The van der Waals surface area contributed by atoms with Crippen LogP contribution in [0.25, 0.3) is 0 Å². The van der Waals surface area contributed by atoms with Crippen molar-refractivity contribution in [3.63, 3.8) is 0 Å². The Balaban J connectivity index is 1.62. The number of benzene rings is 1. The number of nitrogens with two attached hydrogens (primary N) is 2. The molecule has 0 amide bonds. The van der Waals surface area contributed by atoms with Crippen molar-refractivity contribution in [2.75, 3.05) is 49.7 Å². The van der Waals surface area contributed by atoms with Gasteiger partial charge in [0.1, 0.15) is 6.54 Å². The molecule has 9 nitrogen and oxygen atoms in total. The number of hydrogen-bond acceptors (Lipinski definition) is 8. The summed E-state index contributed by atoms with van der Waals surface area (Å²) >= 11 is 0. The Morgan fingerprint density at radius 2 is 2.23 bits per heavy atom. The standard InChI is InChI=1S/C22H31N7O2/c1-17-14-26-22(27-19(13-23)16-24-6-3-9-30)28-21(17)25-15-18-4-2-5-20(12-18)29-7-10-31-11-8-29/h2,4-5,12-14,16,30H,3,6-11,15,23H2,1H3,(H2,25,26,27,28)/p+1. The molecule has 6 N–H and O–H groups in total. The molecule has 31 heavy (non-hydrogen) atoms. The van der Waals surface area contributed by atoms with Gasteiger partial charge in [-0.3, -0.25) is 10.3 Å². The fourth-order valence-corrected chi connectivity index (χ4v) is 3.21. The Morgan fingerprint density at radius 3 is 3.00 bits per heavy atom. The van der Waals surface area contributed by atoms with Gasteiger partial charge >= 0.3 is 0 Å². The zero-order chi connectivity index (χ0) is 21.9. The first-order chi connectivity index (χ1) is 15.2. The van der Waals surface area contributed by atoms with E-state index in [1.807, 2.05) is 6.92 Å². The summed E-state index contributed by atoms with van der Waals surface area (Å²) in [6.07, 6.45) is 5.45. The molecule has 0 bridgehead atoms. The number of morpholine rings is 1. The molecule has 0 spiro atoms. The topological polar surface area (TPSA) is 126 Å². The number of nitrogens with zero attached hydrogens (tertiary/aromatic N) is 4. The third-order valence-electron chi connectivity index (χ3n) is 4.94. The summed E-state index contributed by atoms with van der Waals surface area (Å²) in [4.78, 5) is 15.5. The van der Waals surface area contributed by atoms with E-state index >= 15 is 0 Å². The maximum absolute atomic E-state index is 8.84. The predicted octanol–water partition coefficient (Wildman–Crippen LogP) is 0.682. The molecule has 2 aromatic rings. The molecule has 9 heteroatoms. The molecule has 0 atom stereocenters. The number of ether oxygens (including phenoxy) is 1. The zero-order valence-electron chi connectivity index (χ0n) is 18.0. The van der Waals surface area contributed by atoms with Gasteiger partial charge < -0.3 is 25.8 Å². The fourth-order valence-electron chi connectivity index (χ4n) is 3.21. The van der Waals surface area contributed by atoms with Crippen molar-refractivity contribution in [2.45, 2.75) is 19.9 Å². The van der Waals surface area contributed by atoms with Crippen molar-refractivity contribution in [2.24, 2.45) is 10.7 Å². The highest BCUT2D eigenvalue weighted by molar-refractivity contribution is 5.82. The summed E-state index contributed by atoms with van der Waals surface area (Å²) in [7, 11) is 0. The molecule has 1 aromatic carbocycles. The highest BCUT2D eigenvalue weighted by atomic mass is 16.5. The van der Waals surface area contributed by atoms with Gasteiger partial charge in [-0.25, -0.2) is 4.98 Å². The number of quaternary nitrogens is 1. The third-order valence-corrected chi connectivity index (χ3v) is 4.94. The number of nitrogens with one attached hydrogen (secondary N) is 1.